The molecule has 3 unspecified atom stereocenters. The largest absolute Gasteiger partial charge is 0.341 e. The van der Waals surface area contributed by atoms with Gasteiger partial charge >= 0.3 is 0 Å². The van der Waals surface area contributed by atoms with E-state index in [9.17, 15) is 0 Å². The van der Waals surface area contributed by atoms with Crippen LogP contribution in [0, 0.1) is 11.8 Å². The third-order valence-corrected chi connectivity index (χ3v) is 3.44. The lowest BCUT2D eigenvalue weighted by Crippen LogP contribution is -2.54. The summed E-state index contributed by atoms with van der Waals surface area (Å²) in [5.41, 5.74) is 0. The summed E-state index contributed by atoms with van der Waals surface area (Å²) in [7, 11) is 0. The summed E-state index contributed by atoms with van der Waals surface area (Å²) in [5.74, 6) is 4.56. The Morgan fingerprint density at radius 2 is 1.37 bits per heavy atom. The quantitative estimate of drug-likeness (QED) is 0.622. The Labute approximate surface area is 113 Å². The van der Waals surface area contributed by atoms with Crippen LogP contribution >= 0.6 is 0 Å². The molecule has 3 saturated heterocycles. The van der Waals surface area contributed by atoms with E-state index in [1.54, 1.807) is 6.92 Å². The fraction of sp³-hybridized carbons (Fsp3) is 0.857. The minimum atomic E-state index is -0.676. The van der Waals surface area contributed by atoms with Crippen LogP contribution in [0.25, 0.3) is 0 Å². The van der Waals surface area contributed by atoms with Crippen LogP contribution < -0.4 is 0 Å². The molecule has 3 rings (SSSR count). The first kappa shape index (κ1) is 13.3. The first-order valence-electron chi connectivity index (χ1n) is 6.60. The van der Waals surface area contributed by atoms with Crippen molar-refractivity contribution < 1.29 is 23.7 Å². The summed E-state index contributed by atoms with van der Waals surface area (Å²) in [5, 5.41) is 0. The maximum Gasteiger partial charge on any atom is 0.191 e. The molecule has 3 aliphatic rings. The molecule has 106 valence electrons. The smallest absolute Gasteiger partial charge is 0.191 e. The summed E-state index contributed by atoms with van der Waals surface area (Å²) in [6, 6.07) is 0. The Morgan fingerprint density at radius 1 is 0.789 bits per heavy atom. The Hall–Kier alpha value is -0.640. The second-order valence-corrected chi connectivity index (χ2v) is 5.98. The van der Waals surface area contributed by atoms with Gasteiger partial charge in [-0.15, -0.1) is 5.92 Å². The van der Waals surface area contributed by atoms with Crippen molar-refractivity contribution in [2.24, 2.45) is 0 Å². The fourth-order valence-corrected chi connectivity index (χ4v) is 2.87. The minimum Gasteiger partial charge on any atom is -0.341 e. The lowest BCUT2D eigenvalue weighted by Gasteiger charge is -2.34. The van der Waals surface area contributed by atoms with Crippen LogP contribution in [0.4, 0.5) is 0 Å². The van der Waals surface area contributed by atoms with E-state index in [-0.39, 0.29) is 24.4 Å². The molecule has 0 amide bonds. The van der Waals surface area contributed by atoms with Crippen LogP contribution in [-0.2, 0) is 23.7 Å². The van der Waals surface area contributed by atoms with Gasteiger partial charge in [-0.25, -0.2) is 0 Å². The predicted molar refractivity (Wildman–Crippen MR) is 66.0 cm³/mol. The van der Waals surface area contributed by atoms with Gasteiger partial charge in [-0.05, 0) is 34.6 Å². The number of ether oxygens (including phenoxy) is 5. The molecule has 0 saturated carbocycles. The van der Waals surface area contributed by atoms with E-state index in [0.29, 0.717) is 0 Å². The maximum atomic E-state index is 5.96. The molecule has 0 N–H and O–H groups in total. The Morgan fingerprint density at radius 3 is 2.05 bits per heavy atom. The van der Waals surface area contributed by atoms with Gasteiger partial charge in [0.25, 0.3) is 0 Å². The highest BCUT2D eigenvalue weighted by Gasteiger charge is 2.60. The van der Waals surface area contributed by atoms with Crippen molar-refractivity contribution in [2.45, 2.75) is 76.9 Å². The van der Waals surface area contributed by atoms with E-state index in [1.807, 2.05) is 27.7 Å². The molecule has 0 radical (unpaired) electrons. The monoisotopic (exact) mass is 268 g/mol. The second-order valence-electron chi connectivity index (χ2n) is 5.98. The van der Waals surface area contributed by atoms with Crippen molar-refractivity contribution in [3.63, 3.8) is 0 Å². The van der Waals surface area contributed by atoms with Crippen molar-refractivity contribution in [2.75, 3.05) is 0 Å². The topological polar surface area (TPSA) is 46.2 Å². The van der Waals surface area contributed by atoms with Gasteiger partial charge in [0.05, 0.1) is 0 Å². The lowest BCUT2D eigenvalue weighted by molar-refractivity contribution is -0.220. The Kier molecular flexibility index (Phi) is 2.93. The van der Waals surface area contributed by atoms with Gasteiger partial charge in [-0.3, -0.25) is 0 Å². The first-order chi connectivity index (χ1) is 8.81. The third kappa shape index (κ3) is 2.28. The maximum absolute atomic E-state index is 5.96. The highest BCUT2D eigenvalue weighted by Crippen LogP contribution is 2.43. The molecular weight excluding hydrogens is 248 g/mol. The van der Waals surface area contributed by atoms with Crippen molar-refractivity contribution in [3.05, 3.63) is 0 Å². The van der Waals surface area contributed by atoms with Crippen LogP contribution in [0.2, 0.25) is 0 Å². The molecule has 3 heterocycles. The van der Waals surface area contributed by atoms with E-state index in [1.165, 1.54) is 0 Å². The molecule has 3 fully saturated rings. The van der Waals surface area contributed by atoms with Crippen LogP contribution in [0.3, 0.4) is 0 Å². The van der Waals surface area contributed by atoms with E-state index >= 15 is 0 Å². The molecule has 0 aliphatic carbocycles. The molecular formula is C14H20O5. The van der Waals surface area contributed by atoms with E-state index in [4.69, 9.17) is 23.7 Å². The molecule has 0 aromatic heterocycles. The summed E-state index contributed by atoms with van der Waals surface area (Å²) in [6.45, 7) is 9.28. The average Bonchev–Trinajstić information content (AvgIpc) is 2.74. The number of hydrogen-bond donors (Lipinski definition) is 0. The van der Waals surface area contributed by atoms with E-state index in [2.05, 4.69) is 11.8 Å². The molecule has 0 aromatic carbocycles. The van der Waals surface area contributed by atoms with Crippen LogP contribution in [0.1, 0.15) is 34.6 Å². The molecule has 5 heteroatoms. The van der Waals surface area contributed by atoms with Gasteiger partial charge in [0.2, 0.25) is 0 Å². The molecule has 0 aromatic rings. The van der Waals surface area contributed by atoms with Crippen LogP contribution in [-0.4, -0.2) is 42.3 Å². The normalized spacial score (nSPS) is 46.1. The number of rotatable bonds is 0. The van der Waals surface area contributed by atoms with Gasteiger partial charge in [0.15, 0.2) is 17.9 Å². The molecule has 19 heavy (non-hydrogen) atoms. The second kappa shape index (κ2) is 4.18. The third-order valence-electron chi connectivity index (χ3n) is 3.44. The molecule has 0 spiro atoms. The minimum absolute atomic E-state index is 0.221. The van der Waals surface area contributed by atoms with E-state index < -0.39 is 17.9 Å². The van der Waals surface area contributed by atoms with Gasteiger partial charge in [0, 0.05) is 0 Å². The zero-order valence-corrected chi connectivity index (χ0v) is 11.9. The van der Waals surface area contributed by atoms with Gasteiger partial charge < -0.3 is 23.7 Å². The number of hydrogen-bond acceptors (Lipinski definition) is 5. The highest BCUT2D eigenvalue weighted by molar-refractivity contribution is 5.13. The van der Waals surface area contributed by atoms with Crippen molar-refractivity contribution in [1.29, 1.82) is 0 Å². The molecule has 0 bridgehead atoms. The van der Waals surface area contributed by atoms with Gasteiger partial charge in [-0.1, -0.05) is 5.92 Å². The highest BCUT2D eigenvalue weighted by atomic mass is 16.9. The van der Waals surface area contributed by atoms with Crippen LogP contribution in [0.15, 0.2) is 0 Å². The van der Waals surface area contributed by atoms with Crippen molar-refractivity contribution >= 4 is 0 Å². The fourth-order valence-electron chi connectivity index (χ4n) is 2.87. The van der Waals surface area contributed by atoms with Gasteiger partial charge in [-0.2, -0.15) is 0 Å². The van der Waals surface area contributed by atoms with Crippen LogP contribution in [0.5, 0.6) is 0 Å². The Balaban J connectivity index is 1.90. The lowest BCUT2D eigenvalue weighted by atomic mass is 9.99. The zero-order valence-electron chi connectivity index (χ0n) is 11.9. The van der Waals surface area contributed by atoms with Gasteiger partial charge in [0.1, 0.15) is 24.4 Å². The van der Waals surface area contributed by atoms with Crippen molar-refractivity contribution in [1.82, 2.24) is 0 Å². The summed E-state index contributed by atoms with van der Waals surface area (Å²) in [6.07, 6.45) is -1.56. The Bertz CT molecular complexity index is 433. The summed E-state index contributed by atoms with van der Waals surface area (Å²) >= 11 is 0. The molecule has 3 aliphatic heterocycles. The molecule has 5 atom stereocenters. The average molecular weight is 268 g/mol. The predicted octanol–water partition coefficient (Wildman–Crippen LogP) is 1.41. The summed E-state index contributed by atoms with van der Waals surface area (Å²) in [4.78, 5) is 0. The molecule has 5 nitrogen and oxygen atoms in total. The standard InChI is InChI=1S/C14H20O5/c1-6-7-8-9-10(17-13(2,3)16-9)11-12(15-8)19-14(4,5)18-11/h8-12H,1-5H3/t8?,9-,10-,11?,12?/m1/s1. The number of fused-ring (bicyclic) bond motifs is 3. The zero-order chi connectivity index (χ0) is 13.8. The SMILES string of the molecule is CC#CC1OC2OC(C)(C)OC2[C@@H]2OC(C)(C)O[C@H]12. The summed E-state index contributed by atoms with van der Waals surface area (Å²) < 4.78 is 29.4. The first-order valence-corrected chi connectivity index (χ1v) is 6.60. The van der Waals surface area contributed by atoms with Crippen molar-refractivity contribution in [3.8, 4) is 11.8 Å². The van der Waals surface area contributed by atoms with E-state index in [0.717, 1.165) is 0 Å².